The Morgan fingerprint density at radius 2 is 1.80 bits per heavy atom. The predicted octanol–water partition coefficient (Wildman–Crippen LogP) is 3.02. The zero-order valence-corrected chi connectivity index (χ0v) is 11.4. The molecule has 0 saturated carbocycles. The van der Waals surface area contributed by atoms with E-state index >= 15 is 0 Å². The molecule has 0 aromatic heterocycles. The molecule has 1 N–H and O–H groups in total. The Morgan fingerprint density at radius 3 is 2.45 bits per heavy atom. The minimum absolute atomic E-state index is 0.107. The molecule has 1 amide bonds. The largest absolute Gasteiger partial charge is 0.497 e. The number of carbonyl (C=O) groups is 1. The van der Waals surface area contributed by atoms with E-state index < -0.39 is 0 Å². The molecule has 0 fully saturated rings. The van der Waals surface area contributed by atoms with Crippen molar-refractivity contribution in [3.05, 3.63) is 71.8 Å². The molecule has 20 heavy (non-hydrogen) atoms. The van der Waals surface area contributed by atoms with Gasteiger partial charge >= 0.3 is 0 Å². The molecule has 0 aliphatic heterocycles. The van der Waals surface area contributed by atoms with Crippen molar-refractivity contribution in [2.75, 3.05) is 7.11 Å². The van der Waals surface area contributed by atoms with Gasteiger partial charge in [-0.2, -0.15) is 0 Å². The molecule has 0 unspecified atom stereocenters. The van der Waals surface area contributed by atoms with E-state index in [4.69, 9.17) is 4.74 Å². The molecule has 102 valence electrons. The van der Waals surface area contributed by atoms with Crippen LogP contribution in [-0.4, -0.2) is 13.0 Å². The van der Waals surface area contributed by atoms with E-state index in [2.05, 4.69) is 5.32 Å². The number of hydrogen-bond donors (Lipinski definition) is 1. The van der Waals surface area contributed by atoms with E-state index in [-0.39, 0.29) is 5.91 Å². The zero-order chi connectivity index (χ0) is 14.2. The number of rotatable bonds is 5. The first-order chi connectivity index (χ1) is 9.78. The summed E-state index contributed by atoms with van der Waals surface area (Å²) in [7, 11) is 1.63. The van der Waals surface area contributed by atoms with E-state index in [1.807, 2.05) is 54.6 Å². The lowest BCUT2D eigenvalue weighted by atomic mass is 10.2. The Bertz CT molecular complexity index is 574. The van der Waals surface area contributed by atoms with E-state index in [1.54, 1.807) is 19.3 Å². The summed E-state index contributed by atoms with van der Waals surface area (Å²) < 4.78 is 5.08. The lowest BCUT2D eigenvalue weighted by molar-refractivity contribution is -0.116. The molecule has 0 aliphatic rings. The average molecular weight is 267 g/mol. The molecule has 3 heteroatoms. The summed E-state index contributed by atoms with van der Waals surface area (Å²) in [4.78, 5) is 11.7. The minimum Gasteiger partial charge on any atom is -0.497 e. The summed E-state index contributed by atoms with van der Waals surface area (Å²) in [5, 5.41) is 2.84. The van der Waals surface area contributed by atoms with Gasteiger partial charge in [0.15, 0.2) is 0 Å². The highest BCUT2D eigenvalue weighted by molar-refractivity contribution is 5.91. The minimum atomic E-state index is -0.107. The first-order valence-corrected chi connectivity index (χ1v) is 6.42. The molecule has 0 spiro atoms. The summed E-state index contributed by atoms with van der Waals surface area (Å²) in [5.41, 5.74) is 2.04. The lowest BCUT2D eigenvalue weighted by Gasteiger charge is -2.04. The topological polar surface area (TPSA) is 38.3 Å². The second-order valence-electron chi connectivity index (χ2n) is 4.31. The number of benzene rings is 2. The Balaban J connectivity index is 1.84. The monoisotopic (exact) mass is 267 g/mol. The van der Waals surface area contributed by atoms with Gasteiger partial charge in [0.05, 0.1) is 7.11 Å². The second kappa shape index (κ2) is 7.14. The van der Waals surface area contributed by atoms with E-state index in [0.717, 1.165) is 16.9 Å². The molecule has 3 nitrogen and oxygen atoms in total. The van der Waals surface area contributed by atoms with Crippen molar-refractivity contribution in [3.8, 4) is 5.75 Å². The molecule has 0 heterocycles. The van der Waals surface area contributed by atoms with Crippen LogP contribution in [0.2, 0.25) is 0 Å². The van der Waals surface area contributed by atoms with E-state index in [1.165, 1.54) is 0 Å². The Kier molecular flexibility index (Phi) is 4.95. The fourth-order valence-corrected chi connectivity index (χ4v) is 1.73. The number of ether oxygens (including phenoxy) is 1. The SMILES string of the molecule is COc1ccc(CNC(=O)C=Cc2ccccc2)cc1. The molecule has 2 aromatic carbocycles. The third kappa shape index (κ3) is 4.28. The van der Waals surface area contributed by atoms with Crippen molar-refractivity contribution < 1.29 is 9.53 Å². The van der Waals surface area contributed by atoms with E-state index in [0.29, 0.717) is 6.54 Å². The molecule has 2 aromatic rings. The highest BCUT2D eigenvalue weighted by Crippen LogP contribution is 2.10. The van der Waals surface area contributed by atoms with Crippen LogP contribution in [0.5, 0.6) is 5.75 Å². The Morgan fingerprint density at radius 1 is 1.10 bits per heavy atom. The molecule has 2 rings (SSSR count). The summed E-state index contributed by atoms with van der Waals surface area (Å²) in [6.07, 6.45) is 3.34. The van der Waals surface area contributed by atoms with Crippen LogP contribution < -0.4 is 10.1 Å². The van der Waals surface area contributed by atoms with Gasteiger partial charge in [-0.25, -0.2) is 0 Å². The molecular weight excluding hydrogens is 250 g/mol. The maximum Gasteiger partial charge on any atom is 0.244 e. The van der Waals surface area contributed by atoms with Gasteiger partial charge in [-0.15, -0.1) is 0 Å². The summed E-state index contributed by atoms with van der Waals surface area (Å²) in [6, 6.07) is 17.3. The van der Waals surface area contributed by atoms with Crippen LogP contribution in [0.1, 0.15) is 11.1 Å². The Hall–Kier alpha value is -2.55. The van der Waals surface area contributed by atoms with Crippen LogP contribution in [0.15, 0.2) is 60.7 Å². The maximum absolute atomic E-state index is 11.7. The summed E-state index contributed by atoms with van der Waals surface area (Å²) >= 11 is 0. The van der Waals surface area contributed by atoms with E-state index in [9.17, 15) is 4.79 Å². The molecule has 0 bridgehead atoms. The van der Waals surface area contributed by atoms with Crippen molar-refractivity contribution >= 4 is 12.0 Å². The quantitative estimate of drug-likeness (QED) is 0.846. The van der Waals surface area contributed by atoms with Crippen LogP contribution >= 0.6 is 0 Å². The number of hydrogen-bond acceptors (Lipinski definition) is 2. The molecule has 0 saturated heterocycles. The third-order valence-corrected chi connectivity index (χ3v) is 2.85. The highest BCUT2D eigenvalue weighted by Gasteiger charge is 1.97. The molecular formula is C17H17NO2. The summed E-state index contributed by atoms with van der Waals surface area (Å²) in [6.45, 7) is 0.502. The molecule has 0 aliphatic carbocycles. The predicted molar refractivity (Wildman–Crippen MR) is 80.3 cm³/mol. The second-order valence-corrected chi connectivity index (χ2v) is 4.31. The van der Waals surface area contributed by atoms with Crippen molar-refractivity contribution in [2.45, 2.75) is 6.54 Å². The Labute approximate surface area is 118 Å². The van der Waals surface area contributed by atoms with Crippen molar-refractivity contribution in [1.29, 1.82) is 0 Å². The third-order valence-electron chi connectivity index (χ3n) is 2.85. The van der Waals surface area contributed by atoms with Gasteiger partial charge in [0.1, 0.15) is 5.75 Å². The number of amides is 1. The normalized spacial score (nSPS) is 10.4. The van der Waals surface area contributed by atoms with Gasteiger partial charge in [0, 0.05) is 12.6 Å². The fraction of sp³-hybridized carbons (Fsp3) is 0.118. The van der Waals surface area contributed by atoms with Crippen LogP contribution in [0.25, 0.3) is 6.08 Å². The van der Waals surface area contributed by atoms with Gasteiger partial charge < -0.3 is 10.1 Å². The van der Waals surface area contributed by atoms with Gasteiger partial charge in [0.25, 0.3) is 0 Å². The molecule has 0 radical (unpaired) electrons. The number of carbonyl (C=O) groups excluding carboxylic acids is 1. The van der Waals surface area contributed by atoms with Crippen molar-refractivity contribution in [3.63, 3.8) is 0 Å². The smallest absolute Gasteiger partial charge is 0.244 e. The van der Waals surface area contributed by atoms with Crippen molar-refractivity contribution in [2.24, 2.45) is 0 Å². The number of nitrogens with one attached hydrogen (secondary N) is 1. The van der Waals surface area contributed by atoms with Gasteiger partial charge in [-0.1, -0.05) is 42.5 Å². The lowest BCUT2D eigenvalue weighted by Crippen LogP contribution is -2.20. The van der Waals surface area contributed by atoms with Crippen LogP contribution in [0.4, 0.5) is 0 Å². The average Bonchev–Trinajstić information content (AvgIpc) is 2.52. The first-order valence-electron chi connectivity index (χ1n) is 6.42. The highest BCUT2D eigenvalue weighted by atomic mass is 16.5. The van der Waals surface area contributed by atoms with Gasteiger partial charge in [-0.05, 0) is 29.3 Å². The summed E-state index contributed by atoms with van der Waals surface area (Å²) in [5.74, 6) is 0.703. The van der Waals surface area contributed by atoms with Crippen molar-refractivity contribution in [1.82, 2.24) is 5.32 Å². The first kappa shape index (κ1) is 13.9. The van der Waals surface area contributed by atoms with Crippen LogP contribution in [0, 0.1) is 0 Å². The molecule has 0 atom stereocenters. The number of methoxy groups -OCH3 is 1. The maximum atomic E-state index is 11.7. The van der Waals surface area contributed by atoms with Crippen LogP contribution in [-0.2, 0) is 11.3 Å². The fourth-order valence-electron chi connectivity index (χ4n) is 1.73. The zero-order valence-electron chi connectivity index (χ0n) is 11.4. The van der Waals surface area contributed by atoms with Gasteiger partial charge in [-0.3, -0.25) is 4.79 Å². The van der Waals surface area contributed by atoms with Gasteiger partial charge in [0.2, 0.25) is 5.91 Å². The standard InChI is InChI=1S/C17H17NO2/c1-20-16-10-7-15(8-11-16)13-18-17(19)12-9-14-5-3-2-4-6-14/h2-12H,13H2,1H3,(H,18,19). The van der Waals surface area contributed by atoms with Crippen LogP contribution in [0.3, 0.4) is 0 Å².